The number of likely N-dealkylation sites (tertiary alicyclic amines) is 1. The molecule has 1 saturated carbocycles. The standard InChI is InChI=1S/C24H27NO6/c1-14-9-11-19(31-14)21-20(22(26)17-13-16(29-2)10-12-18(17)30-3)23(27)24(28)25(21)15-7-5-4-6-8-15/h9-13,15,21,26H,4-8H2,1-3H3/b22-20+. The average molecular weight is 425 g/mol. The molecule has 2 heterocycles. The fourth-order valence-corrected chi connectivity index (χ4v) is 4.61. The van der Waals surface area contributed by atoms with Crippen LogP contribution in [-0.4, -0.2) is 42.0 Å². The maximum absolute atomic E-state index is 13.2. The molecule has 1 aromatic heterocycles. The molecule has 4 rings (SSSR count). The summed E-state index contributed by atoms with van der Waals surface area (Å²) in [5.74, 6) is 0.382. The first-order valence-electron chi connectivity index (χ1n) is 10.5. The fraction of sp³-hybridized carbons (Fsp3) is 0.417. The lowest BCUT2D eigenvalue weighted by Gasteiger charge is -2.34. The number of rotatable bonds is 5. The minimum absolute atomic E-state index is 0.0106. The van der Waals surface area contributed by atoms with Crippen LogP contribution in [0.3, 0.4) is 0 Å². The molecule has 1 unspecified atom stereocenters. The van der Waals surface area contributed by atoms with Crippen LogP contribution in [0, 0.1) is 6.92 Å². The number of nitrogens with zero attached hydrogens (tertiary/aromatic N) is 1. The average Bonchev–Trinajstić information content (AvgIpc) is 3.34. The van der Waals surface area contributed by atoms with Crippen LogP contribution in [-0.2, 0) is 9.59 Å². The lowest BCUT2D eigenvalue weighted by Crippen LogP contribution is -2.40. The second-order valence-electron chi connectivity index (χ2n) is 8.01. The molecule has 0 bridgehead atoms. The minimum atomic E-state index is -0.785. The molecule has 1 aromatic carbocycles. The van der Waals surface area contributed by atoms with Crippen LogP contribution in [0.4, 0.5) is 0 Å². The number of carbonyl (C=O) groups is 2. The van der Waals surface area contributed by atoms with Crippen LogP contribution < -0.4 is 9.47 Å². The molecule has 31 heavy (non-hydrogen) atoms. The summed E-state index contributed by atoms with van der Waals surface area (Å²) in [4.78, 5) is 28.0. The molecule has 1 N–H and O–H groups in total. The number of hydrogen-bond acceptors (Lipinski definition) is 6. The van der Waals surface area contributed by atoms with Gasteiger partial charge in [-0.25, -0.2) is 0 Å². The third-order valence-corrected chi connectivity index (χ3v) is 6.14. The number of aryl methyl sites for hydroxylation is 1. The minimum Gasteiger partial charge on any atom is -0.507 e. The highest BCUT2D eigenvalue weighted by atomic mass is 16.5. The van der Waals surface area contributed by atoms with Crippen molar-refractivity contribution in [2.45, 2.75) is 51.1 Å². The number of aliphatic hydroxyl groups excluding tert-OH is 1. The first kappa shape index (κ1) is 21.0. The van der Waals surface area contributed by atoms with Gasteiger partial charge in [0.25, 0.3) is 11.7 Å². The Balaban J connectivity index is 1.90. The van der Waals surface area contributed by atoms with E-state index in [1.54, 1.807) is 42.2 Å². The Kier molecular flexibility index (Phi) is 5.76. The molecule has 2 aromatic rings. The van der Waals surface area contributed by atoms with Gasteiger partial charge in [-0.1, -0.05) is 19.3 Å². The van der Waals surface area contributed by atoms with Crippen LogP contribution in [0.15, 0.2) is 40.3 Å². The van der Waals surface area contributed by atoms with E-state index in [0.29, 0.717) is 23.0 Å². The molecule has 1 aliphatic carbocycles. The number of hydrogen-bond donors (Lipinski definition) is 1. The van der Waals surface area contributed by atoms with E-state index >= 15 is 0 Å². The molecule has 2 aliphatic rings. The zero-order valence-electron chi connectivity index (χ0n) is 18.0. The maximum atomic E-state index is 13.2. The van der Waals surface area contributed by atoms with Crippen molar-refractivity contribution in [3.05, 3.63) is 53.0 Å². The molecular formula is C24H27NO6. The van der Waals surface area contributed by atoms with E-state index in [4.69, 9.17) is 13.9 Å². The Hall–Kier alpha value is -3.22. The predicted molar refractivity (Wildman–Crippen MR) is 114 cm³/mol. The summed E-state index contributed by atoms with van der Waals surface area (Å²) in [6.45, 7) is 1.81. The molecule has 1 atom stereocenters. The molecule has 1 saturated heterocycles. The van der Waals surface area contributed by atoms with Gasteiger partial charge in [0, 0.05) is 6.04 Å². The van der Waals surface area contributed by atoms with Crippen molar-refractivity contribution in [3.8, 4) is 11.5 Å². The molecule has 7 nitrogen and oxygen atoms in total. The molecule has 164 valence electrons. The predicted octanol–water partition coefficient (Wildman–Crippen LogP) is 4.36. The highest BCUT2D eigenvalue weighted by Crippen LogP contribution is 2.44. The summed E-state index contributed by atoms with van der Waals surface area (Å²) >= 11 is 0. The number of Topliss-reactive ketones (excluding diaryl/α,β-unsaturated/α-hetero) is 1. The topological polar surface area (TPSA) is 89.2 Å². The van der Waals surface area contributed by atoms with Crippen LogP contribution >= 0.6 is 0 Å². The van der Waals surface area contributed by atoms with Crippen molar-refractivity contribution in [3.63, 3.8) is 0 Å². The van der Waals surface area contributed by atoms with Crippen molar-refractivity contribution in [1.29, 1.82) is 0 Å². The highest BCUT2D eigenvalue weighted by molar-refractivity contribution is 6.46. The van der Waals surface area contributed by atoms with Gasteiger partial charge in [0.1, 0.15) is 34.8 Å². The second kappa shape index (κ2) is 8.49. The quantitative estimate of drug-likeness (QED) is 0.435. The van der Waals surface area contributed by atoms with E-state index in [9.17, 15) is 14.7 Å². The normalized spacial score (nSPS) is 21.5. The fourth-order valence-electron chi connectivity index (χ4n) is 4.61. The monoisotopic (exact) mass is 425 g/mol. The summed E-state index contributed by atoms with van der Waals surface area (Å²) in [6, 6.07) is 7.64. The molecule has 0 radical (unpaired) electrons. The van der Waals surface area contributed by atoms with Gasteiger partial charge >= 0.3 is 0 Å². The maximum Gasteiger partial charge on any atom is 0.296 e. The number of methoxy groups -OCH3 is 2. The van der Waals surface area contributed by atoms with Gasteiger partial charge in [-0.15, -0.1) is 0 Å². The SMILES string of the molecule is COc1ccc(OC)c(/C(O)=C2\C(=O)C(=O)N(C3CCCCC3)C2c2ccc(C)o2)c1. The third-order valence-electron chi connectivity index (χ3n) is 6.14. The molecule has 0 spiro atoms. The lowest BCUT2D eigenvalue weighted by molar-refractivity contribution is -0.142. The van der Waals surface area contributed by atoms with E-state index in [-0.39, 0.29) is 22.9 Å². The van der Waals surface area contributed by atoms with Gasteiger partial charge in [0.15, 0.2) is 0 Å². The number of benzene rings is 1. The van der Waals surface area contributed by atoms with Gasteiger partial charge in [0.2, 0.25) is 0 Å². The lowest BCUT2D eigenvalue weighted by atomic mass is 9.92. The zero-order valence-corrected chi connectivity index (χ0v) is 18.0. The summed E-state index contributed by atoms with van der Waals surface area (Å²) in [7, 11) is 2.99. The Bertz CT molecular complexity index is 1030. The Morgan fingerprint density at radius 2 is 1.81 bits per heavy atom. The molecule has 2 fully saturated rings. The summed E-state index contributed by atoms with van der Waals surface area (Å²) in [5, 5.41) is 11.3. The van der Waals surface area contributed by atoms with Crippen molar-refractivity contribution in [1.82, 2.24) is 4.90 Å². The first-order valence-corrected chi connectivity index (χ1v) is 10.5. The van der Waals surface area contributed by atoms with E-state index in [2.05, 4.69) is 0 Å². The third kappa shape index (κ3) is 3.69. The Morgan fingerprint density at radius 3 is 2.42 bits per heavy atom. The largest absolute Gasteiger partial charge is 0.507 e. The van der Waals surface area contributed by atoms with Gasteiger partial charge in [-0.05, 0) is 50.1 Å². The van der Waals surface area contributed by atoms with Gasteiger partial charge < -0.3 is 23.9 Å². The van der Waals surface area contributed by atoms with Gasteiger partial charge in [-0.3, -0.25) is 9.59 Å². The zero-order chi connectivity index (χ0) is 22.1. The van der Waals surface area contributed by atoms with Crippen LogP contribution in [0.1, 0.15) is 55.2 Å². The van der Waals surface area contributed by atoms with E-state index in [0.717, 1.165) is 32.1 Å². The van der Waals surface area contributed by atoms with Gasteiger partial charge in [0.05, 0.1) is 25.4 Å². The molecule has 1 amide bonds. The molecule has 7 heteroatoms. The van der Waals surface area contributed by atoms with Crippen molar-refractivity contribution in [2.75, 3.05) is 14.2 Å². The molecular weight excluding hydrogens is 398 g/mol. The van der Waals surface area contributed by atoms with Gasteiger partial charge in [-0.2, -0.15) is 0 Å². The van der Waals surface area contributed by atoms with Crippen LogP contribution in [0.2, 0.25) is 0 Å². The van der Waals surface area contributed by atoms with Crippen molar-refractivity contribution >= 4 is 17.4 Å². The number of ether oxygens (including phenoxy) is 2. The summed E-state index contributed by atoms with van der Waals surface area (Å²) in [6.07, 6.45) is 4.77. The van der Waals surface area contributed by atoms with E-state index in [1.807, 2.05) is 0 Å². The van der Waals surface area contributed by atoms with Crippen molar-refractivity contribution < 1.29 is 28.6 Å². The number of furan rings is 1. The first-order chi connectivity index (χ1) is 15.0. The summed E-state index contributed by atoms with van der Waals surface area (Å²) in [5.41, 5.74) is 0.299. The van der Waals surface area contributed by atoms with E-state index < -0.39 is 17.7 Å². The number of aliphatic hydroxyl groups is 1. The van der Waals surface area contributed by atoms with Crippen molar-refractivity contribution in [2.24, 2.45) is 0 Å². The van der Waals surface area contributed by atoms with Crippen LogP contribution in [0.5, 0.6) is 11.5 Å². The second-order valence-corrected chi connectivity index (χ2v) is 8.01. The number of amides is 1. The molecule has 1 aliphatic heterocycles. The summed E-state index contributed by atoms with van der Waals surface area (Å²) < 4.78 is 16.5. The number of carbonyl (C=O) groups excluding carboxylic acids is 2. The Morgan fingerprint density at radius 1 is 1.06 bits per heavy atom. The Labute approximate surface area is 181 Å². The highest BCUT2D eigenvalue weighted by Gasteiger charge is 2.50. The van der Waals surface area contributed by atoms with E-state index in [1.165, 1.54) is 14.2 Å². The number of ketones is 1. The smallest absolute Gasteiger partial charge is 0.296 e. The van der Waals surface area contributed by atoms with Crippen LogP contribution in [0.25, 0.3) is 5.76 Å².